The van der Waals surface area contributed by atoms with Gasteiger partial charge in [0.1, 0.15) is 5.75 Å². The van der Waals surface area contributed by atoms with E-state index in [2.05, 4.69) is 0 Å². The van der Waals surface area contributed by atoms with Crippen LogP contribution < -0.4 is 4.74 Å². The van der Waals surface area contributed by atoms with Gasteiger partial charge in [0.25, 0.3) is 5.91 Å². The maximum atomic E-state index is 12.6. The number of rotatable bonds is 5. The highest BCUT2D eigenvalue weighted by Gasteiger charge is 2.30. The first-order chi connectivity index (χ1) is 10.1. The summed E-state index contributed by atoms with van der Waals surface area (Å²) < 4.78 is 5.73. The van der Waals surface area contributed by atoms with Crippen molar-refractivity contribution >= 4 is 29.1 Å². The molecular weight excluding hydrogens is 309 g/mol. The Balaban J connectivity index is 2.00. The van der Waals surface area contributed by atoms with Gasteiger partial charge in [-0.1, -0.05) is 17.7 Å². The molecule has 1 fully saturated rings. The molecule has 0 aromatic heterocycles. The fraction of sp³-hybridized carbons (Fsp3) is 0.562. The number of benzene rings is 1. The van der Waals surface area contributed by atoms with Crippen LogP contribution in [-0.4, -0.2) is 35.4 Å². The lowest BCUT2D eigenvalue weighted by Gasteiger charge is -2.37. The molecule has 1 aromatic carbocycles. The minimum absolute atomic E-state index is 0.0322. The number of hydrogen-bond donors (Lipinski definition) is 0. The number of likely N-dealkylation sites (tertiary alicyclic amines) is 1. The molecule has 1 aliphatic rings. The van der Waals surface area contributed by atoms with Crippen molar-refractivity contribution < 1.29 is 9.53 Å². The largest absolute Gasteiger partial charge is 0.481 e. The zero-order valence-electron chi connectivity index (χ0n) is 12.2. The van der Waals surface area contributed by atoms with E-state index in [1.807, 2.05) is 17.0 Å². The molecule has 1 aliphatic heterocycles. The van der Waals surface area contributed by atoms with Gasteiger partial charge in [-0.3, -0.25) is 4.79 Å². The van der Waals surface area contributed by atoms with Gasteiger partial charge in [0.2, 0.25) is 0 Å². The lowest BCUT2D eigenvalue weighted by atomic mass is 9.99. The van der Waals surface area contributed by atoms with Crippen LogP contribution in [0.3, 0.4) is 0 Å². The summed E-state index contributed by atoms with van der Waals surface area (Å²) in [7, 11) is 0. The Labute approximate surface area is 136 Å². The van der Waals surface area contributed by atoms with Gasteiger partial charge in [-0.2, -0.15) is 0 Å². The van der Waals surface area contributed by atoms with Crippen molar-refractivity contribution in [3.05, 3.63) is 29.3 Å². The van der Waals surface area contributed by atoms with Crippen molar-refractivity contribution in [1.82, 2.24) is 4.90 Å². The maximum Gasteiger partial charge on any atom is 0.263 e. The number of alkyl halides is 1. The van der Waals surface area contributed by atoms with Crippen LogP contribution in [-0.2, 0) is 4.79 Å². The second kappa shape index (κ2) is 7.90. The molecule has 0 bridgehead atoms. The second-order valence-electron chi connectivity index (χ2n) is 5.38. The van der Waals surface area contributed by atoms with E-state index in [4.69, 9.17) is 27.9 Å². The first-order valence-electron chi connectivity index (χ1n) is 7.40. The molecule has 2 atom stereocenters. The summed E-state index contributed by atoms with van der Waals surface area (Å²) in [4.78, 5) is 14.5. The monoisotopic (exact) mass is 329 g/mol. The molecule has 5 heteroatoms. The quantitative estimate of drug-likeness (QED) is 0.760. The van der Waals surface area contributed by atoms with Crippen LogP contribution in [0, 0.1) is 0 Å². The van der Waals surface area contributed by atoms with Crippen LogP contribution in [0.15, 0.2) is 24.3 Å². The van der Waals surface area contributed by atoms with Crippen LogP contribution in [0.4, 0.5) is 0 Å². The smallest absolute Gasteiger partial charge is 0.263 e. The van der Waals surface area contributed by atoms with E-state index in [0.29, 0.717) is 16.7 Å². The third kappa shape index (κ3) is 4.52. The zero-order valence-corrected chi connectivity index (χ0v) is 13.7. The normalized spacial score (nSPS) is 20.1. The third-order valence-corrected chi connectivity index (χ3v) is 4.26. The van der Waals surface area contributed by atoms with Crippen molar-refractivity contribution in [2.75, 3.05) is 12.4 Å². The molecule has 2 rings (SSSR count). The Morgan fingerprint density at radius 1 is 1.48 bits per heavy atom. The molecule has 21 heavy (non-hydrogen) atoms. The summed E-state index contributed by atoms with van der Waals surface area (Å²) in [5.41, 5.74) is 0. The topological polar surface area (TPSA) is 29.5 Å². The summed E-state index contributed by atoms with van der Waals surface area (Å²) in [5.74, 6) is 1.23. The van der Waals surface area contributed by atoms with Gasteiger partial charge in [0, 0.05) is 23.5 Å². The summed E-state index contributed by atoms with van der Waals surface area (Å²) in [5, 5.41) is 0.602. The average Bonchev–Trinajstić information content (AvgIpc) is 2.47. The average molecular weight is 330 g/mol. The third-order valence-electron chi connectivity index (χ3n) is 3.81. The molecule has 3 nitrogen and oxygen atoms in total. The van der Waals surface area contributed by atoms with Gasteiger partial charge in [0.15, 0.2) is 6.10 Å². The maximum absolute atomic E-state index is 12.6. The second-order valence-corrected chi connectivity index (χ2v) is 6.19. The van der Waals surface area contributed by atoms with E-state index < -0.39 is 6.10 Å². The van der Waals surface area contributed by atoms with Crippen LogP contribution in [0.25, 0.3) is 0 Å². The number of halogens is 2. The minimum atomic E-state index is -0.514. The summed E-state index contributed by atoms with van der Waals surface area (Å²) in [6.45, 7) is 2.58. The molecule has 0 aliphatic carbocycles. The fourth-order valence-electron chi connectivity index (χ4n) is 2.75. The number of ether oxygens (including phenoxy) is 1. The highest BCUT2D eigenvalue weighted by molar-refractivity contribution is 6.30. The SMILES string of the molecule is CC(Oc1cccc(Cl)c1)C(=O)N1CCCCC1CCCl. The first-order valence-corrected chi connectivity index (χ1v) is 8.31. The lowest BCUT2D eigenvalue weighted by Crippen LogP contribution is -2.49. The molecule has 0 N–H and O–H groups in total. The van der Waals surface area contributed by atoms with Crippen LogP contribution in [0.2, 0.25) is 5.02 Å². The van der Waals surface area contributed by atoms with Gasteiger partial charge >= 0.3 is 0 Å². The molecule has 0 spiro atoms. The van der Waals surface area contributed by atoms with E-state index in [9.17, 15) is 4.79 Å². The number of amides is 1. The number of carbonyl (C=O) groups excluding carboxylic acids is 1. The summed E-state index contributed by atoms with van der Waals surface area (Å²) in [6.07, 6.45) is 3.57. The van der Waals surface area contributed by atoms with E-state index in [1.54, 1.807) is 19.1 Å². The van der Waals surface area contributed by atoms with Crippen molar-refractivity contribution in [3.8, 4) is 5.75 Å². The Morgan fingerprint density at radius 3 is 3.00 bits per heavy atom. The number of hydrogen-bond acceptors (Lipinski definition) is 2. The predicted molar refractivity (Wildman–Crippen MR) is 86.2 cm³/mol. The Hall–Kier alpha value is -0.930. The van der Waals surface area contributed by atoms with Crippen molar-refractivity contribution in [2.24, 2.45) is 0 Å². The lowest BCUT2D eigenvalue weighted by molar-refractivity contribution is -0.141. The van der Waals surface area contributed by atoms with E-state index in [1.165, 1.54) is 0 Å². The molecule has 1 heterocycles. The van der Waals surface area contributed by atoms with Crippen LogP contribution in [0.5, 0.6) is 5.75 Å². The standard InChI is InChI=1S/C16H21Cl2NO2/c1-12(21-15-7-4-5-13(18)11-15)16(20)19-10-3-2-6-14(19)8-9-17/h4-5,7,11-12,14H,2-3,6,8-10H2,1H3. The van der Waals surface area contributed by atoms with E-state index in [0.717, 1.165) is 32.2 Å². The van der Waals surface area contributed by atoms with Gasteiger partial charge in [0.05, 0.1) is 0 Å². The molecule has 116 valence electrons. The predicted octanol–water partition coefficient (Wildman–Crippen LogP) is 4.12. The molecule has 1 amide bonds. The van der Waals surface area contributed by atoms with Crippen molar-refractivity contribution in [3.63, 3.8) is 0 Å². The Kier molecular flexibility index (Phi) is 6.19. The Morgan fingerprint density at radius 2 is 2.29 bits per heavy atom. The van der Waals surface area contributed by atoms with E-state index in [-0.39, 0.29) is 11.9 Å². The van der Waals surface area contributed by atoms with Crippen LogP contribution in [0.1, 0.15) is 32.6 Å². The molecule has 0 radical (unpaired) electrons. The van der Waals surface area contributed by atoms with Crippen molar-refractivity contribution in [1.29, 1.82) is 0 Å². The highest BCUT2D eigenvalue weighted by Crippen LogP contribution is 2.23. The number of carbonyl (C=O) groups is 1. The number of piperidine rings is 1. The first kappa shape index (κ1) is 16.4. The summed E-state index contributed by atoms with van der Waals surface area (Å²) in [6, 6.07) is 7.36. The summed E-state index contributed by atoms with van der Waals surface area (Å²) >= 11 is 11.8. The van der Waals surface area contributed by atoms with Gasteiger partial charge in [-0.15, -0.1) is 11.6 Å². The van der Waals surface area contributed by atoms with Crippen LogP contribution >= 0.6 is 23.2 Å². The van der Waals surface area contributed by atoms with E-state index >= 15 is 0 Å². The van der Waals surface area contributed by atoms with Gasteiger partial charge in [-0.25, -0.2) is 0 Å². The molecule has 1 saturated heterocycles. The fourth-order valence-corrected chi connectivity index (χ4v) is 3.18. The number of nitrogens with zero attached hydrogens (tertiary/aromatic N) is 1. The zero-order chi connectivity index (χ0) is 15.2. The Bertz CT molecular complexity index is 479. The molecule has 1 aromatic rings. The highest BCUT2D eigenvalue weighted by atomic mass is 35.5. The van der Waals surface area contributed by atoms with Crippen molar-refractivity contribution in [2.45, 2.75) is 44.8 Å². The van der Waals surface area contributed by atoms with Gasteiger partial charge < -0.3 is 9.64 Å². The molecule has 2 unspecified atom stereocenters. The molecule has 0 saturated carbocycles. The molecular formula is C16H21Cl2NO2. The van der Waals surface area contributed by atoms with Gasteiger partial charge in [-0.05, 0) is 50.8 Å². The minimum Gasteiger partial charge on any atom is -0.481 e.